The molecule has 1 heterocycles. The molecule has 0 saturated heterocycles. The molecule has 0 aromatic carbocycles. The summed E-state index contributed by atoms with van der Waals surface area (Å²) in [5.74, 6) is 0.984. The average molecular weight is 163 g/mol. The molecule has 1 aromatic heterocycles. The van der Waals surface area contributed by atoms with Gasteiger partial charge in [-0.3, -0.25) is 0 Å². The molecule has 1 fully saturated rings. The molecule has 0 bridgehead atoms. The van der Waals surface area contributed by atoms with Crippen molar-refractivity contribution in [2.75, 3.05) is 17.7 Å². The van der Waals surface area contributed by atoms with E-state index in [0.717, 1.165) is 11.5 Å². The molecule has 12 heavy (non-hydrogen) atoms. The molecule has 0 amide bonds. The molecule has 0 atom stereocenters. The van der Waals surface area contributed by atoms with Crippen LogP contribution in [0.3, 0.4) is 0 Å². The van der Waals surface area contributed by atoms with E-state index < -0.39 is 0 Å². The summed E-state index contributed by atoms with van der Waals surface area (Å²) in [6.45, 7) is 0. The van der Waals surface area contributed by atoms with Gasteiger partial charge in [-0.25, -0.2) is 4.98 Å². The zero-order valence-electron chi connectivity index (χ0n) is 7.20. The fourth-order valence-corrected chi connectivity index (χ4v) is 1.28. The Balaban J connectivity index is 2.20. The van der Waals surface area contributed by atoms with Crippen molar-refractivity contribution in [1.29, 1.82) is 0 Å². The molecule has 0 aliphatic heterocycles. The second-order valence-electron chi connectivity index (χ2n) is 3.29. The van der Waals surface area contributed by atoms with Gasteiger partial charge >= 0.3 is 0 Å². The molecule has 2 rings (SSSR count). The highest BCUT2D eigenvalue weighted by atomic mass is 15.2. The lowest BCUT2D eigenvalue weighted by Crippen LogP contribution is -2.20. The highest BCUT2D eigenvalue weighted by molar-refractivity contribution is 5.50. The number of hydrogen-bond donors (Lipinski definition) is 1. The Kier molecular flexibility index (Phi) is 1.64. The fraction of sp³-hybridized carbons (Fsp3) is 0.444. The largest absolute Gasteiger partial charge is 0.399 e. The van der Waals surface area contributed by atoms with Crippen LogP contribution in [0.2, 0.25) is 0 Å². The predicted molar refractivity (Wildman–Crippen MR) is 50.1 cm³/mol. The highest BCUT2D eigenvalue weighted by Crippen LogP contribution is 2.29. The van der Waals surface area contributed by atoms with Crippen LogP contribution in [0.4, 0.5) is 11.5 Å². The number of aromatic nitrogens is 1. The number of anilines is 2. The number of nitrogens with two attached hydrogens (primary N) is 1. The third kappa shape index (κ3) is 1.35. The first-order valence-corrected chi connectivity index (χ1v) is 4.22. The van der Waals surface area contributed by atoms with Crippen LogP contribution in [-0.2, 0) is 0 Å². The quantitative estimate of drug-likeness (QED) is 0.713. The van der Waals surface area contributed by atoms with Crippen molar-refractivity contribution in [3.05, 3.63) is 18.3 Å². The zero-order chi connectivity index (χ0) is 8.55. The van der Waals surface area contributed by atoms with E-state index in [2.05, 4.69) is 16.9 Å². The molecule has 3 heteroatoms. The summed E-state index contributed by atoms with van der Waals surface area (Å²) in [7, 11) is 2.07. The summed E-state index contributed by atoms with van der Waals surface area (Å²) in [5.41, 5.74) is 6.44. The molecule has 2 N–H and O–H groups in total. The van der Waals surface area contributed by atoms with E-state index in [0.29, 0.717) is 6.04 Å². The maximum Gasteiger partial charge on any atom is 0.130 e. The minimum atomic E-state index is 0.694. The van der Waals surface area contributed by atoms with Gasteiger partial charge in [-0.1, -0.05) is 0 Å². The Morgan fingerprint density at radius 3 is 2.92 bits per heavy atom. The lowest BCUT2D eigenvalue weighted by Gasteiger charge is -2.16. The first kappa shape index (κ1) is 7.40. The van der Waals surface area contributed by atoms with Crippen LogP contribution in [0, 0.1) is 0 Å². The second kappa shape index (κ2) is 2.66. The predicted octanol–water partition coefficient (Wildman–Crippen LogP) is 1.26. The van der Waals surface area contributed by atoms with Crippen LogP contribution >= 0.6 is 0 Å². The van der Waals surface area contributed by atoms with Gasteiger partial charge in [-0.05, 0) is 18.9 Å². The van der Waals surface area contributed by atoms with E-state index in [1.54, 1.807) is 6.20 Å². The first-order valence-electron chi connectivity index (χ1n) is 4.22. The van der Waals surface area contributed by atoms with Crippen LogP contribution in [-0.4, -0.2) is 18.1 Å². The zero-order valence-corrected chi connectivity index (χ0v) is 7.20. The van der Waals surface area contributed by atoms with Crippen LogP contribution in [0.25, 0.3) is 0 Å². The molecule has 1 aromatic rings. The minimum Gasteiger partial charge on any atom is -0.399 e. The third-order valence-electron chi connectivity index (χ3n) is 2.23. The van der Waals surface area contributed by atoms with Gasteiger partial charge in [-0.2, -0.15) is 0 Å². The van der Waals surface area contributed by atoms with Crippen molar-refractivity contribution in [2.45, 2.75) is 18.9 Å². The SMILES string of the molecule is CN(c1cc(N)ccn1)C1CC1. The van der Waals surface area contributed by atoms with Gasteiger partial charge in [0, 0.05) is 31.0 Å². The van der Waals surface area contributed by atoms with Gasteiger partial charge in [0.1, 0.15) is 5.82 Å². The first-order chi connectivity index (χ1) is 5.77. The molecular formula is C9H13N3. The van der Waals surface area contributed by atoms with Crippen molar-refractivity contribution in [2.24, 2.45) is 0 Å². The Morgan fingerprint density at radius 1 is 1.58 bits per heavy atom. The van der Waals surface area contributed by atoms with E-state index in [9.17, 15) is 0 Å². The normalized spacial score (nSPS) is 16.1. The monoisotopic (exact) mass is 163 g/mol. The molecule has 0 spiro atoms. The molecular weight excluding hydrogens is 150 g/mol. The molecule has 64 valence electrons. The summed E-state index contributed by atoms with van der Waals surface area (Å²) in [5, 5.41) is 0. The number of nitrogens with zero attached hydrogens (tertiary/aromatic N) is 2. The molecule has 1 aliphatic rings. The minimum absolute atomic E-state index is 0.694. The maximum atomic E-state index is 5.65. The molecule has 1 saturated carbocycles. The second-order valence-corrected chi connectivity index (χ2v) is 3.29. The van der Waals surface area contributed by atoms with E-state index in [4.69, 9.17) is 5.73 Å². The van der Waals surface area contributed by atoms with Crippen LogP contribution < -0.4 is 10.6 Å². The fourth-order valence-electron chi connectivity index (χ4n) is 1.28. The maximum absolute atomic E-state index is 5.65. The summed E-state index contributed by atoms with van der Waals surface area (Å²) in [6.07, 6.45) is 4.32. The van der Waals surface area contributed by atoms with E-state index in [1.807, 2.05) is 12.1 Å². The number of hydrogen-bond acceptors (Lipinski definition) is 3. The molecule has 0 unspecified atom stereocenters. The van der Waals surface area contributed by atoms with E-state index in [-0.39, 0.29) is 0 Å². The van der Waals surface area contributed by atoms with Crippen LogP contribution in [0.1, 0.15) is 12.8 Å². The molecule has 0 radical (unpaired) electrons. The van der Waals surface area contributed by atoms with Gasteiger partial charge in [0.25, 0.3) is 0 Å². The van der Waals surface area contributed by atoms with E-state index >= 15 is 0 Å². The average Bonchev–Trinajstić information content (AvgIpc) is 2.85. The van der Waals surface area contributed by atoms with E-state index in [1.165, 1.54) is 12.8 Å². The van der Waals surface area contributed by atoms with Crippen molar-refractivity contribution in [3.63, 3.8) is 0 Å². The smallest absolute Gasteiger partial charge is 0.130 e. The number of rotatable bonds is 2. The molecule has 3 nitrogen and oxygen atoms in total. The Morgan fingerprint density at radius 2 is 2.33 bits per heavy atom. The van der Waals surface area contributed by atoms with Crippen molar-refractivity contribution >= 4 is 11.5 Å². The lowest BCUT2D eigenvalue weighted by atomic mass is 10.4. The number of nitrogen functional groups attached to an aromatic ring is 1. The van der Waals surface area contributed by atoms with Gasteiger partial charge in [0.2, 0.25) is 0 Å². The van der Waals surface area contributed by atoms with Gasteiger partial charge in [-0.15, -0.1) is 0 Å². The Bertz CT molecular complexity index is 281. The highest BCUT2D eigenvalue weighted by Gasteiger charge is 2.26. The topological polar surface area (TPSA) is 42.1 Å². The number of pyridine rings is 1. The summed E-state index contributed by atoms with van der Waals surface area (Å²) < 4.78 is 0. The standard InChI is InChI=1S/C9H13N3/c1-12(8-2-3-8)9-6-7(10)4-5-11-9/h4-6,8H,2-3H2,1H3,(H2,10,11). The van der Waals surface area contributed by atoms with Gasteiger partial charge < -0.3 is 10.6 Å². The van der Waals surface area contributed by atoms with Crippen molar-refractivity contribution in [3.8, 4) is 0 Å². The van der Waals surface area contributed by atoms with Crippen LogP contribution in [0.15, 0.2) is 18.3 Å². The third-order valence-corrected chi connectivity index (χ3v) is 2.23. The summed E-state index contributed by atoms with van der Waals surface area (Å²) in [6, 6.07) is 4.42. The Hall–Kier alpha value is -1.25. The van der Waals surface area contributed by atoms with Crippen molar-refractivity contribution < 1.29 is 0 Å². The van der Waals surface area contributed by atoms with Gasteiger partial charge in [0.15, 0.2) is 0 Å². The Labute approximate surface area is 72.2 Å². The van der Waals surface area contributed by atoms with Gasteiger partial charge in [0.05, 0.1) is 0 Å². The summed E-state index contributed by atoms with van der Waals surface area (Å²) >= 11 is 0. The summed E-state index contributed by atoms with van der Waals surface area (Å²) in [4.78, 5) is 6.44. The van der Waals surface area contributed by atoms with Crippen molar-refractivity contribution in [1.82, 2.24) is 4.98 Å². The lowest BCUT2D eigenvalue weighted by molar-refractivity contribution is 0.893. The van der Waals surface area contributed by atoms with Crippen LogP contribution in [0.5, 0.6) is 0 Å². The molecule has 1 aliphatic carbocycles.